The summed E-state index contributed by atoms with van der Waals surface area (Å²) in [6.07, 6.45) is -5.25. The number of halogens is 4. The highest BCUT2D eigenvalue weighted by Crippen LogP contribution is 2.35. The van der Waals surface area contributed by atoms with Crippen molar-refractivity contribution in [1.29, 1.82) is 0 Å². The Balaban J connectivity index is 4.70. The van der Waals surface area contributed by atoms with Crippen LogP contribution in [0.3, 0.4) is 0 Å². The average Bonchev–Trinajstić information content (AvgIpc) is 1.80. The molecule has 0 saturated carbocycles. The number of ether oxygens (including phenoxy) is 1. The van der Waals surface area contributed by atoms with Gasteiger partial charge in [-0.3, -0.25) is 0 Å². The van der Waals surface area contributed by atoms with Crippen LogP contribution in [0.2, 0.25) is 0 Å². The molecule has 0 radical (unpaired) electrons. The van der Waals surface area contributed by atoms with Crippen LogP contribution in [0.15, 0.2) is 0 Å². The summed E-state index contributed by atoms with van der Waals surface area (Å²) in [4.78, 5) is 10.8. The van der Waals surface area contributed by atoms with Crippen LogP contribution in [0.5, 0.6) is 0 Å². The number of esters is 1. The van der Waals surface area contributed by atoms with Crippen molar-refractivity contribution in [2.75, 3.05) is 0 Å². The molecule has 0 aliphatic heterocycles. The average molecular weight is 216 g/mol. The second-order valence-electron chi connectivity index (χ2n) is 4.00. The van der Waals surface area contributed by atoms with Crippen LogP contribution < -0.4 is 0 Å². The van der Waals surface area contributed by atoms with E-state index in [9.17, 15) is 22.4 Å². The summed E-state index contributed by atoms with van der Waals surface area (Å²) in [6, 6.07) is 0. The Morgan fingerprint density at radius 2 is 1.36 bits per heavy atom. The number of hydrogen-bond donors (Lipinski definition) is 0. The molecule has 0 aliphatic rings. The smallest absolute Gasteiger partial charge is 0.433 e. The van der Waals surface area contributed by atoms with Gasteiger partial charge in [0.1, 0.15) is 5.60 Å². The van der Waals surface area contributed by atoms with Crippen molar-refractivity contribution in [3.8, 4) is 0 Å². The fourth-order valence-corrected chi connectivity index (χ4v) is 0.490. The lowest BCUT2D eigenvalue weighted by atomic mass is 10.1. The molecule has 0 heterocycles. The molecule has 1 unspecified atom stereocenters. The van der Waals surface area contributed by atoms with Gasteiger partial charge in [-0.2, -0.15) is 13.2 Å². The molecule has 1 atom stereocenters. The summed E-state index contributed by atoms with van der Waals surface area (Å²) < 4.78 is 53.2. The van der Waals surface area contributed by atoms with Crippen LogP contribution in [-0.4, -0.2) is 23.4 Å². The monoisotopic (exact) mass is 216 g/mol. The highest BCUT2D eigenvalue weighted by atomic mass is 19.4. The van der Waals surface area contributed by atoms with Crippen molar-refractivity contribution in [3.63, 3.8) is 0 Å². The number of alkyl halides is 4. The Bertz CT molecular complexity index is 224. The van der Waals surface area contributed by atoms with Gasteiger partial charge in [0.15, 0.2) is 0 Å². The summed E-state index contributed by atoms with van der Waals surface area (Å²) in [5.74, 6) is -1.92. The number of hydrogen-bond acceptors (Lipinski definition) is 2. The van der Waals surface area contributed by atoms with E-state index in [-0.39, 0.29) is 6.92 Å². The van der Waals surface area contributed by atoms with Crippen LogP contribution in [0.1, 0.15) is 27.7 Å². The molecule has 0 aromatic carbocycles. The Hall–Kier alpha value is -0.810. The molecule has 0 bridgehead atoms. The Morgan fingerprint density at radius 3 is 1.57 bits per heavy atom. The minimum Gasteiger partial charge on any atom is -0.457 e. The van der Waals surface area contributed by atoms with Gasteiger partial charge in [-0.25, -0.2) is 9.18 Å². The molecule has 0 aliphatic carbocycles. The quantitative estimate of drug-likeness (QED) is 0.497. The van der Waals surface area contributed by atoms with E-state index in [0.717, 1.165) is 0 Å². The third kappa shape index (κ3) is 3.16. The van der Waals surface area contributed by atoms with Crippen LogP contribution in [0.4, 0.5) is 17.6 Å². The maximum Gasteiger partial charge on any atom is 0.433 e. The summed E-state index contributed by atoms with van der Waals surface area (Å²) in [6.45, 7) is 4.22. The SMILES string of the molecule is CC(C)(C)OC(=O)C(C)(F)C(F)(F)F. The van der Waals surface area contributed by atoms with E-state index in [2.05, 4.69) is 4.74 Å². The normalized spacial score (nSPS) is 17.4. The van der Waals surface area contributed by atoms with Gasteiger partial charge >= 0.3 is 12.1 Å². The van der Waals surface area contributed by atoms with Crippen molar-refractivity contribution in [1.82, 2.24) is 0 Å². The summed E-state index contributed by atoms with van der Waals surface area (Å²) in [5.41, 5.74) is -5.10. The molecule has 0 amide bonds. The molecule has 0 aromatic heterocycles. The maximum atomic E-state index is 12.9. The van der Waals surface area contributed by atoms with E-state index in [4.69, 9.17) is 0 Å². The predicted octanol–water partition coefficient (Wildman–Crippen LogP) is 2.62. The zero-order chi connectivity index (χ0) is 11.8. The second-order valence-corrected chi connectivity index (χ2v) is 4.00. The second kappa shape index (κ2) is 3.40. The zero-order valence-electron chi connectivity index (χ0n) is 8.33. The maximum absolute atomic E-state index is 12.9. The molecule has 0 fully saturated rings. The van der Waals surface area contributed by atoms with Crippen LogP contribution in [-0.2, 0) is 9.53 Å². The van der Waals surface area contributed by atoms with Crippen LogP contribution in [0.25, 0.3) is 0 Å². The first-order valence-electron chi connectivity index (χ1n) is 3.87. The van der Waals surface area contributed by atoms with Crippen molar-refractivity contribution >= 4 is 5.97 Å². The third-order valence-corrected chi connectivity index (χ3v) is 1.31. The molecule has 0 aromatic rings. The molecule has 2 nitrogen and oxygen atoms in total. The minimum absolute atomic E-state index is 0.140. The lowest BCUT2D eigenvalue weighted by molar-refractivity contribution is -0.238. The third-order valence-electron chi connectivity index (χ3n) is 1.31. The first-order chi connectivity index (χ1) is 5.88. The zero-order valence-corrected chi connectivity index (χ0v) is 8.33. The van der Waals surface area contributed by atoms with Gasteiger partial charge in [-0.05, 0) is 27.7 Å². The minimum atomic E-state index is -5.25. The summed E-state index contributed by atoms with van der Waals surface area (Å²) in [5, 5.41) is 0. The van der Waals surface area contributed by atoms with Gasteiger partial charge in [-0.15, -0.1) is 0 Å². The van der Waals surface area contributed by atoms with E-state index in [0.29, 0.717) is 0 Å². The highest BCUT2D eigenvalue weighted by molar-refractivity contribution is 5.80. The number of carbonyl (C=O) groups is 1. The predicted molar refractivity (Wildman–Crippen MR) is 41.4 cm³/mol. The van der Waals surface area contributed by atoms with Gasteiger partial charge in [0.05, 0.1) is 0 Å². The van der Waals surface area contributed by atoms with Gasteiger partial charge < -0.3 is 4.74 Å². The Morgan fingerprint density at radius 1 is 1.00 bits per heavy atom. The lowest BCUT2D eigenvalue weighted by Crippen LogP contribution is -2.48. The fourth-order valence-electron chi connectivity index (χ4n) is 0.490. The summed E-state index contributed by atoms with van der Waals surface area (Å²) >= 11 is 0. The van der Waals surface area contributed by atoms with E-state index < -0.39 is 23.4 Å². The van der Waals surface area contributed by atoms with E-state index in [1.807, 2.05) is 0 Å². The van der Waals surface area contributed by atoms with E-state index >= 15 is 0 Å². The van der Waals surface area contributed by atoms with E-state index in [1.165, 1.54) is 20.8 Å². The fraction of sp³-hybridized carbons (Fsp3) is 0.875. The van der Waals surface area contributed by atoms with Gasteiger partial charge in [0, 0.05) is 0 Å². The largest absolute Gasteiger partial charge is 0.457 e. The summed E-state index contributed by atoms with van der Waals surface area (Å²) in [7, 11) is 0. The van der Waals surface area contributed by atoms with Crippen molar-refractivity contribution in [2.45, 2.75) is 45.1 Å². The van der Waals surface area contributed by atoms with Crippen molar-refractivity contribution in [3.05, 3.63) is 0 Å². The first-order valence-corrected chi connectivity index (χ1v) is 3.87. The van der Waals surface area contributed by atoms with Crippen LogP contribution in [0, 0.1) is 0 Å². The molecule has 0 rings (SSSR count). The Kier molecular flexibility index (Phi) is 3.20. The lowest BCUT2D eigenvalue weighted by Gasteiger charge is -2.27. The molecule has 0 spiro atoms. The highest BCUT2D eigenvalue weighted by Gasteiger charge is 2.59. The first kappa shape index (κ1) is 13.2. The standard InChI is InChI=1S/C8H12F4O2/c1-6(2,3)14-5(13)7(4,9)8(10,11)12/h1-4H3. The van der Waals surface area contributed by atoms with Gasteiger partial charge in [0.25, 0.3) is 5.67 Å². The van der Waals surface area contributed by atoms with Crippen LogP contribution >= 0.6 is 0 Å². The molecular weight excluding hydrogens is 204 g/mol. The molecular formula is C8H12F4O2. The number of rotatable bonds is 1. The molecule has 0 saturated heterocycles. The molecule has 6 heteroatoms. The van der Waals surface area contributed by atoms with Gasteiger partial charge in [0.2, 0.25) is 0 Å². The Labute approximate surface area is 79.2 Å². The van der Waals surface area contributed by atoms with Gasteiger partial charge in [-0.1, -0.05) is 0 Å². The van der Waals surface area contributed by atoms with E-state index in [1.54, 1.807) is 0 Å². The molecule has 14 heavy (non-hydrogen) atoms. The molecule has 84 valence electrons. The van der Waals surface area contributed by atoms with Crippen molar-refractivity contribution < 1.29 is 27.1 Å². The molecule has 0 N–H and O–H groups in total. The number of carbonyl (C=O) groups excluding carboxylic acids is 1. The van der Waals surface area contributed by atoms with Crippen molar-refractivity contribution in [2.24, 2.45) is 0 Å². The topological polar surface area (TPSA) is 26.3 Å².